The Bertz CT molecular complexity index is 1070. The van der Waals surface area contributed by atoms with Crippen molar-refractivity contribution in [3.63, 3.8) is 0 Å². The third kappa shape index (κ3) is 4.39. The maximum atomic E-state index is 13.4. The molecule has 27 heavy (non-hydrogen) atoms. The molecule has 2 aromatic heterocycles. The number of hydrogen-bond acceptors (Lipinski definition) is 3. The summed E-state index contributed by atoms with van der Waals surface area (Å²) < 4.78 is 51.9. The maximum Gasteiger partial charge on any atom is 0.389 e. The van der Waals surface area contributed by atoms with Crippen LogP contribution in [0.4, 0.5) is 17.6 Å². The van der Waals surface area contributed by atoms with Crippen LogP contribution in [0.3, 0.4) is 0 Å². The van der Waals surface area contributed by atoms with Gasteiger partial charge in [0.05, 0.1) is 23.4 Å². The van der Waals surface area contributed by atoms with Crippen molar-refractivity contribution in [2.24, 2.45) is 0 Å². The average Bonchev–Trinajstić information content (AvgIpc) is 3.02. The van der Waals surface area contributed by atoms with Crippen LogP contribution in [-0.4, -0.2) is 16.5 Å². The zero-order valence-electron chi connectivity index (χ0n) is 13.6. The van der Waals surface area contributed by atoms with Gasteiger partial charge in [-0.15, -0.1) is 11.3 Å². The van der Waals surface area contributed by atoms with Gasteiger partial charge in [-0.1, -0.05) is 17.7 Å². The van der Waals surface area contributed by atoms with Crippen LogP contribution in [0.1, 0.15) is 12.8 Å². The van der Waals surface area contributed by atoms with Gasteiger partial charge in [0.25, 0.3) is 5.56 Å². The quantitative estimate of drug-likeness (QED) is 0.519. The molecule has 1 aromatic carbocycles. The third-order valence-corrected chi connectivity index (χ3v) is 5.20. The summed E-state index contributed by atoms with van der Waals surface area (Å²) in [5.41, 5.74) is 0.564. The number of thiophene rings is 1. The summed E-state index contributed by atoms with van der Waals surface area (Å²) in [7, 11) is 0. The van der Waals surface area contributed by atoms with Gasteiger partial charge in [0.1, 0.15) is 5.82 Å². The molecule has 0 radical (unpaired) electrons. The minimum Gasteiger partial charge on any atom is -0.307 e. The predicted octanol–water partition coefficient (Wildman–Crippen LogP) is 5.43. The molecule has 0 saturated carbocycles. The molecular weight excluding hydrogens is 406 g/mol. The fourth-order valence-corrected chi connectivity index (χ4v) is 3.77. The fraction of sp³-hybridized carbons (Fsp3) is 0.222. The largest absolute Gasteiger partial charge is 0.389 e. The van der Waals surface area contributed by atoms with E-state index in [2.05, 4.69) is 0 Å². The summed E-state index contributed by atoms with van der Waals surface area (Å²) in [4.78, 5) is 24.6. The van der Waals surface area contributed by atoms with Crippen LogP contribution in [0.5, 0.6) is 0 Å². The Balaban J connectivity index is 1.96. The Morgan fingerprint density at radius 2 is 1.96 bits per heavy atom. The Hall–Kier alpha value is -2.19. The highest BCUT2D eigenvalue weighted by atomic mass is 35.5. The second-order valence-electron chi connectivity index (χ2n) is 5.92. The van der Waals surface area contributed by atoms with E-state index in [1.54, 1.807) is 11.4 Å². The molecule has 0 fully saturated rings. The molecule has 3 rings (SSSR count). The number of benzene rings is 1. The van der Waals surface area contributed by atoms with Gasteiger partial charge in [-0.25, -0.2) is 4.39 Å². The van der Waals surface area contributed by atoms with Crippen LogP contribution in [0.2, 0.25) is 5.02 Å². The van der Waals surface area contributed by atoms with E-state index in [-0.39, 0.29) is 5.02 Å². The summed E-state index contributed by atoms with van der Waals surface area (Å²) in [6.45, 7) is -0.440. The summed E-state index contributed by atoms with van der Waals surface area (Å²) in [5.74, 6) is -1.27. The van der Waals surface area contributed by atoms with Crippen LogP contribution in [0.15, 0.2) is 40.6 Å². The average molecular weight is 418 g/mol. The summed E-state index contributed by atoms with van der Waals surface area (Å²) in [5, 5.41) is 1.94. The molecule has 2 heterocycles. The molecule has 0 aliphatic heterocycles. The standard InChI is InChI=1S/C18H12ClF4NO2S/c19-13-7-10(1-2-14(13)20)12-9-27-15-4-6-24(17(26)16(12)15)8-11(25)3-5-18(21,22)23/h1-2,4,6-7,9H,3,5,8H2. The van der Waals surface area contributed by atoms with E-state index in [9.17, 15) is 27.2 Å². The number of Topliss-reactive ketones (excluding diaryl/α,β-unsaturated/α-hetero) is 1. The van der Waals surface area contributed by atoms with Crippen molar-refractivity contribution in [3.8, 4) is 11.1 Å². The van der Waals surface area contributed by atoms with E-state index in [1.807, 2.05) is 0 Å². The Labute approximate surface area is 159 Å². The minimum atomic E-state index is -4.42. The predicted molar refractivity (Wildman–Crippen MR) is 96.8 cm³/mol. The molecule has 142 valence electrons. The van der Waals surface area contributed by atoms with Crippen molar-refractivity contribution in [2.45, 2.75) is 25.6 Å². The van der Waals surface area contributed by atoms with Crippen molar-refractivity contribution in [2.75, 3.05) is 0 Å². The van der Waals surface area contributed by atoms with E-state index in [1.165, 1.54) is 35.7 Å². The van der Waals surface area contributed by atoms with Crippen LogP contribution in [-0.2, 0) is 11.3 Å². The maximum absolute atomic E-state index is 13.4. The first-order valence-corrected chi connectivity index (χ1v) is 9.06. The number of hydrogen-bond donors (Lipinski definition) is 0. The highest BCUT2D eigenvalue weighted by Crippen LogP contribution is 2.33. The lowest BCUT2D eigenvalue weighted by Gasteiger charge is -2.08. The van der Waals surface area contributed by atoms with Crippen molar-refractivity contribution in [3.05, 3.63) is 57.0 Å². The topological polar surface area (TPSA) is 39.1 Å². The fourth-order valence-electron chi connectivity index (χ4n) is 2.64. The molecule has 3 nitrogen and oxygen atoms in total. The van der Waals surface area contributed by atoms with Crippen molar-refractivity contribution in [1.82, 2.24) is 4.57 Å². The SMILES string of the molecule is O=C(CCC(F)(F)F)Cn1ccc2scc(-c3ccc(F)c(Cl)c3)c2c1=O. The van der Waals surface area contributed by atoms with Gasteiger partial charge in [-0.05, 0) is 23.8 Å². The van der Waals surface area contributed by atoms with Crippen LogP contribution in [0, 0.1) is 5.82 Å². The molecule has 0 amide bonds. The summed E-state index contributed by atoms with van der Waals surface area (Å²) in [6, 6.07) is 5.67. The van der Waals surface area contributed by atoms with Crippen molar-refractivity contribution in [1.29, 1.82) is 0 Å². The number of carbonyl (C=O) groups excluding carboxylic acids is 1. The van der Waals surface area contributed by atoms with E-state index in [4.69, 9.17) is 11.6 Å². The van der Waals surface area contributed by atoms with Gasteiger partial charge < -0.3 is 4.57 Å². The Morgan fingerprint density at radius 1 is 1.22 bits per heavy atom. The highest BCUT2D eigenvalue weighted by molar-refractivity contribution is 7.17. The van der Waals surface area contributed by atoms with E-state index in [0.717, 1.165) is 4.57 Å². The van der Waals surface area contributed by atoms with E-state index < -0.39 is 42.7 Å². The Kier molecular flexibility index (Phi) is 5.39. The normalized spacial score (nSPS) is 11.9. The second-order valence-corrected chi connectivity index (χ2v) is 7.24. The van der Waals surface area contributed by atoms with E-state index in [0.29, 0.717) is 21.2 Å². The molecule has 0 aliphatic carbocycles. The zero-order valence-corrected chi connectivity index (χ0v) is 15.2. The number of nitrogens with zero attached hydrogens (tertiary/aromatic N) is 1. The lowest BCUT2D eigenvalue weighted by atomic mass is 10.1. The van der Waals surface area contributed by atoms with Gasteiger partial charge in [0, 0.05) is 28.3 Å². The summed E-state index contributed by atoms with van der Waals surface area (Å²) in [6.07, 6.45) is -4.94. The Morgan fingerprint density at radius 3 is 2.63 bits per heavy atom. The van der Waals surface area contributed by atoms with Gasteiger partial charge in [-0.3, -0.25) is 9.59 Å². The van der Waals surface area contributed by atoms with Crippen LogP contribution < -0.4 is 5.56 Å². The zero-order chi connectivity index (χ0) is 19.8. The number of pyridine rings is 1. The first-order chi connectivity index (χ1) is 12.7. The molecule has 0 atom stereocenters. The number of aromatic nitrogens is 1. The van der Waals surface area contributed by atoms with Crippen molar-refractivity contribution >= 4 is 38.8 Å². The molecule has 0 spiro atoms. The van der Waals surface area contributed by atoms with Gasteiger partial charge in [0.2, 0.25) is 0 Å². The smallest absolute Gasteiger partial charge is 0.307 e. The van der Waals surface area contributed by atoms with Gasteiger partial charge >= 0.3 is 6.18 Å². The van der Waals surface area contributed by atoms with Crippen LogP contribution in [0.25, 0.3) is 21.2 Å². The van der Waals surface area contributed by atoms with Gasteiger partial charge in [0.15, 0.2) is 5.78 Å². The number of ketones is 1. The molecule has 0 unspecified atom stereocenters. The highest BCUT2D eigenvalue weighted by Gasteiger charge is 2.28. The second kappa shape index (κ2) is 7.44. The molecular formula is C18H12ClF4NO2S. The van der Waals surface area contributed by atoms with Gasteiger partial charge in [-0.2, -0.15) is 13.2 Å². The first-order valence-electron chi connectivity index (χ1n) is 7.80. The molecule has 0 N–H and O–H groups in total. The lowest BCUT2D eigenvalue weighted by Crippen LogP contribution is -2.24. The van der Waals surface area contributed by atoms with E-state index >= 15 is 0 Å². The molecule has 3 aromatic rings. The number of rotatable bonds is 5. The van der Waals surface area contributed by atoms with Crippen LogP contribution >= 0.6 is 22.9 Å². The monoisotopic (exact) mass is 417 g/mol. The first kappa shape index (κ1) is 19.6. The molecule has 0 aliphatic rings. The summed E-state index contributed by atoms with van der Waals surface area (Å²) >= 11 is 7.09. The lowest BCUT2D eigenvalue weighted by molar-refractivity contribution is -0.143. The molecule has 0 bridgehead atoms. The molecule has 9 heteroatoms. The number of alkyl halides is 3. The minimum absolute atomic E-state index is 0.0922. The number of halogens is 5. The molecule has 0 saturated heterocycles. The third-order valence-electron chi connectivity index (χ3n) is 3.96. The number of fused-ring (bicyclic) bond motifs is 1. The number of carbonyl (C=O) groups is 1. The van der Waals surface area contributed by atoms with Crippen molar-refractivity contribution < 1.29 is 22.4 Å².